The number of hydrogen-bond donors (Lipinski definition) is 1. The first-order chi connectivity index (χ1) is 10.4. The Morgan fingerprint density at radius 3 is 2.68 bits per heavy atom. The summed E-state index contributed by atoms with van der Waals surface area (Å²) in [5.41, 5.74) is -0.749. The summed E-state index contributed by atoms with van der Waals surface area (Å²) in [6, 6.07) is 0. The smallest absolute Gasteiger partial charge is 0.194 e. The maximum Gasteiger partial charge on any atom is 0.194 e. The average Bonchev–Trinajstić information content (AvgIpc) is 2.77. The molecule has 5 nitrogen and oxygen atoms in total. The molecular weight excluding hydrogens is 284 g/mol. The molecule has 1 heterocycles. The van der Waals surface area contributed by atoms with Crippen molar-refractivity contribution in [3.63, 3.8) is 0 Å². The van der Waals surface area contributed by atoms with Crippen LogP contribution in [-0.4, -0.2) is 35.5 Å². The van der Waals surface area contributed by atoms with Crippen LogP contribution in [0, 0.1) is 29.6 Å². The number of aliphatic hydroxyl groups excluding tert-OH is 1. The predicted octanol–water partition coefficient (Wildman–Crippen LogP) is 2.32. The lowest BCUT2D eigenvalue weighted by Gasteiger charge is -2.54. The molecule has 0 aromatic carbocycles. The van der Waals surface area contributed by atoms with Crippen LogP contribution in [0.2, 0.25) is 0 Å². The number of Topliss-reactive ketones (excluding diaryl/α,β-unsaturated/α-hetero) is 1. The van der Waals surface area contributed by atoms with Gasteiger partial charge in [0, 0.05) is 24.4 Å². The molecule has 22 heavy (non-hydrogen) atoms. The first-order valence-corrected chi connectivity index (χ1v) is 8.58. The van der Waals surface area contributed by atoms with Gasteiger partial charge >= 0.3 is 0 Å². The van der Waals surface area contributed by atoms with Crippen molar-refractivity contribution in [2.75, 3.05) is 6.61 Å². The van der Waals surface area contributed by atoms with Gasteiger partial charge < -0.3 is 9.84 Å². The molecule has 0 aromatic rings. The molecular formula is C17H28O5. The lowest BCUT2D eigenvalue weighted by Crippen LogP contribution is -2.63. The molecule has 0 unspecified atom stereocenters. The third-order valence-corrected chi connectivity index (χ3v) is 6.33. The van der Waals surface area contributed by atoms with E-state index in [1.54, 1.807) is 6.92 Å². The van der Waals surface area contributed by atoms with Crippen LogP contribution in [0.1, 0.15) is 47.0 Å². The average molecular weight is 312 g/mol. The van der Waals surface area contributed by atoms with E-state index in [4.69, 9.17) is 14.5 Å². The van der Waals surface area contributed by atoms with Crippen LogP contribution >= 0.6 is 0 Å². The second-order valence-electron chi connectivity index (χ2n) is 7.38. The number of rotatable bonds is 3. The summed E-state index contributed by atoms with van der Waals surface area (Å²) in [7, 11) is 0. The van der Waals surface area contributed by atoms with Crippen LogP contribution in [-0.2, 0) is 19.3 Å². The summed E-state index contributed by atoms with van der Waals surface area (Å²) < 4.78 is 5.63. The Bertz CT molecular complexity index is 439. The minimum atomic E-state index is -0.784. The highest BCUT2D eigenvalue weighted by Crippen LogP contribution is 2.59. The zero-order valence-electron chi connectivity index (χ0n) is 14.0. The normalized spacial score (nSPS) is 51.2. The van der Waals surface area contributed by atoms with Gasteiger partial charge in [0.25, 0.3) is 0 Å². The van der Waals surface area contributed by atoms with Gasteiger partial charge in [-0.1, -0.05) is 13.8 Å². The van der Waals surface area contributed by atoms with E-state index in [0.717, 1.165) is 12.8 Å². The van der Waals surface area contributed by atoms with Gasteiger partial charge in [-0.15, -0.1) is 0 Å². The van der Waals surface area contributed by atoms with E-state index in [-0.39, 0.29) is 29.5 Å². The number of ketones is 1. The molecule has 3 rings (SSSR count). The molecule has 1 aliphatic heterocycles. The lowest BCUT2D eigenvalue weighted by molar-refractivity contribution is -0.496. The van der Waals surface area contributed by atoms with Gasteiger partial charge in [0.05, 0.1) is 6.10 Å². The highest BCUT2D eigenvalue weighted by molar-refractivity contribution is 5.79. The van der Waals surface area contributed by atoms with Gasteiger partial charge in [0.1, 0.15) is 11.4 Å². The molecule has 0 aromatic heterocycles. The van der Waals surface area contributed by atoms with E-state index in [1.807, 2.05) is 6.92 Å². The monoisotopic (exact) mass is 312 g/mol. The maximum atomic E-state index is 11.9. The fraction of sp³-hybridized carbons (Fsp3) is 0.941. The number of hydrogen-bond acceptors (Lipinski definition) is 5. The molecule has 2 saturated carbocycles. The highest BCUT2D eigenvalue weighted by Gasteiger charge is 2.67. The van der Waals surface area contributed by atoms with Gasteiger partial charge in [-0.25, -0.2) is 9.78 Å². The van der Waals surface area contributed by atoms with Crippen molar-refractivity contribution in [2.45, 2.75) is 65.0 Å². The van der Waals surface area contributed by atoms with Crippen molar-refractivity contribution < 1.29 is 24.4 Å². The third kappa shape index (κ3) is 2.17. The van der Waals surface area contributed by atoms with Crippen LogP contribution in [0.4, 0.5) is 0 Å². The van der Waals surface area contributed by atoms with Gasteiger partial charge in [-0.2, -0.15) is 0 Å². The molecule has 3 fully saturated rings. The van der Waals surface area contributed by atoms with Crippen molar-refractivity contribution in [2.24, 2.45) is 29.6 Å². The lowest BCUT2D eigenvalue weighted by atomic mass is 9.61. The summed E-state index contributed by atoms with van der Waals surface area (Å²) in [6.07, 6.45) is 1.60. The largest absolute Gasteiger partial charge is 0.389 e. The SMILES string of the molecule is CCO[C@@H]1OO[C@]23[C@@H](O)[C@@H](C(C)=O)C[C@H]2[C@H](C)CC[C@H]3[C@H]1C. The molecule has 126 valence electrons. The minimum absolute atomic E-state index is 0.0467. The van der Waals surface area contributed by atoms with Crippen molar-refractivity contribution in [1.29, 1.82) is 0 Å². The molecule has 1 spiro atoms. The van der Waals surface area contributed by atoms with E-state index in [0.29, 0.717) is 18.9 Å². The molecule has 3 aliphatic rings. The fourth-order valence-corrected chi connectivity index (χ4v) is 5.15. The van der Waals surface area contributed by atoms with Crippen LogP contribution in [0.5, 0.6) is 0 Å². The molecule has 0 amide bonds. The maximum absolute atomic E-state index is 11.9. The van der Waals surface area contributed by atoms with Gasteiger partial charge in [-0.05, 0) is 44.9 Å². The first kappa shape index (κ1) is 16.4. The zero-order chi connectivity index (χ0) is 16.1. The Labute approximate surface area is 132 Å². The molecule has 1 N–H and O–H groups in total. The van der Waals surface area contributed by atoms with Gasteiger partial charge in [0.15, 0.2) is 6.29 Å². The van der Waals surface area contributed by atoms with Crippen molar-refractivity contribution >= 4 is 5.78 Å². The van der Waals surface area contributed by atoms with E-state index in [1.165, 1.54) is 0 Å². The highest BCUT2D eigenvalue weighted by atomic mass is 17.2. The topological polar surface area (TPSA) is 65.0 Å². The third-order valence-electron chi connectivity index (χ3n) is 6.33. The number of carbonyl (C=O) groups excluding carboxylic acids is 1. The number of ether oxygens (including phenoxy) is 1. The van der Waals surface area contributed by atoms with E-state index in [9.17, 15) is 9.90 Å². The Hall–Kier alpha value is -0.490. The van der Waals surface area contributed by atoms with Crippen LogP contribution in [0.3, 0.4) is 0 Å². The number of carbonyl (C=O) groups is 1. The molecule has 5 heteroatoms. The van der Waals surface area contributed by atoms with E-state index < -0.39 is 18.0 Å². The van der Waals surface area contributed by atoms with Gasteiger partial charge in [-0.3, -0.25) is 4.79 Å². The standard InChI is InChI=1S/C17H28O5/c1-5-20-16-10(3)13-7-6-9(2)14-8-12(11(4)18)15(19)17(13,14)22-21-16/h9-10,12-16,19H,5-8H2,1-4H3/t9-,10-,12-,13+,14+,15+,16-,17+/m1/s1. The minimum Gasteiger partial charge on any atom is -0.389 e. The van der Waals surface area contributed by atoms with E-state index in [2.05, 4.69) is 13.8 Å². The Morgan fingerprint density at radius 2 is 2.05 bits per heavy atom. The summed E-state index contributed by atoms with van der Waals surface area (Å²) in [6.45, 7) is 8.37. The fourth-order valence-electron chi connectivity index (χ4n) is 5.15. The van der Waals surface area contributed by atoms with Crippen molar-refractivity contribution in [1.82, 2.24) is 0 Å². The number of aliphatic hydroxyl groups is 1. The predicted molar refractivity (Wildman–Crippen MR) is 79.7 cm³/mol. The van der Waals surface area contributed by atoms with Crippen molar-refractivity contribution in [3.8, 4) is 0 Å². The molecule has 1 saturated heterocycles. The summed E-state index contributed by atoms with van der Waals surface area (Å²) in [5, 5.41) is 10.9. The summed E-state index contributed by atoms with van der Waals surface area (Å²) in [5.74, 6) is 0.607. The van der Waals surface area contributed by atoms with Crippen LogP contribution < -0.4 is 0 Å². The van der Waals surface area contributed by atoms with Crippen LogP contribution in [0.15, 0.2) is 0 Å². The van der Waals surface area contributed by atoms with Crippen LogP contribution in [0.25, 0.3) is 0 Å². The van der Waals surface area contributed by atoms with E-state index >= 15 is 0 Å². The summed E-state index contributed by atoms with van der Waals surface area (Å²) in [4.78, 5) is 23.4. The molecule has 2 aliphatic carbocycles. The first-order valence-electron chi connectivity index (χ1n) is 8.58. The summed E-state index contributed by atoms with van der Waals surface area (Å²) >= 11 is 0. The Morgan fingerprint density at radius 1 is 1.32 bits per heavy atom. The second-order valence-corrected chi connectivity index (χ2v) is 7.38. The zero-order valence-corrected chi connectivity index (χ0v) is 14.0. The molecule has 0 radical (unpaired) electrons. The second kappa shape index (κ2) is 5.86. The molecule has 8 atom stereocenters. The Balaban J connectivity index is 1.94. The van der Waals surface area contributed by atoms with Crippen molar-refractivity contribution in [3.05, 3.63) is 0 Å². The van der Waals surface area contributed by atoms with Gasteiger partial charge in [0.2, 0.25) is 0 Å². The molecule has 0 bridgehead atoms. The quantitative estimate of drug-likeness (QED) is 0.810. The Kier molecular flexibility index (Phi) is 4.36.